The first kappa shape index (κ1) is 19.0. The largest absolute Gasteiger partial charge is 0.496 e. The van der Waals surface area contributed by atoms with Crippen molar-refractivity contribution in [3.63, 3.8) is 0 Å². The Morgan fingerprint density at radius 1 is 1.36 bits per heavy atom. The Balaban J connectivity index is 2.05. The van der Waals surface area contributed by atoms with E-state index in [2.05, 4.69) is 5.32 Å². The number of nitrogens with one attached hydrogen (secondary N) is 1. The topological polar surface area (TPSA) is 84.6 Å². The number of carbonyl (C=O) groups is 1. The number of rotatable bonds is 6. The molecular weight excluding hydrogens is 347 g/mol. The Kier molecular flexibility index (Phi) is 6.22. The second-order valence-electron chi connectivity index (χ2n) is 5.75. The van der Waals surface area contributed by atoms with Crippen molar-refractivity contribution in [1.29, 1.82) is 0 Å². The van der Waals surface area contributed by atoms with Crippen molar-refractivity contribution in [3.8, 4) is 5.75 Å². The van der Waals surface area contributed by atoms with E-state index in [0.29, 0.717) is 17.0 Å². The van der Waals surface area contributed by atoms with E-state index in [0.717, 1.165) is 0 Å². The van der Waals surface area contributed by atoms with Crippen LogP contribution < -0.4 is 15.8 Å². The van der Waals surface area contributed by atoms with Gasteiger partial charge in [0.15, 0.2) is 0 Å². The van der Waals surface area contributed by atoms with Gasteiger partial charge >= 0.3 is 0 Å². The summed E-state index contributed by atoms with van der Waals surface area (Å²) >= 11 is 5.97. The summed E-state index contributed by atoms with van der Waals surface area (Å²) in [6, 6.07) is 8.16. The predicted molar refractivity (Wildman–Crippen MR) is 95.3 cm³/mol. The van der Waals surface area contributed by atoms with Gasteiger partial charge in [-0.3, -0.25) is 4.79 Å². The van der Waals surface area contributed by atoms with Crippen LogP contribution >= 0.6 is 11.6 Å². The number of benzene rings is 2. The van der Waals surface area contributed by atoms with Gasteiger partial charge in [0.1, 0.15) is 11.6 Å². The van der Waals surface area contributed by atoms with Crippen LogP contribution in [0.3, 0.4) is 0 Å². The van der Waals surface area contributed by atoms with E-state index in [1.54, 1.807) is 6.92 Å². The molecule has 0 saturated heterocycles. The first-order valence-corrected chi connectivity index (χ1v) is 8.07. The molecule has 2 aromatic carbocycles. The molecule has 7 heteroatoms. The van der Waals surface area contributed by atoms with Crippen LogP contribution in [-0.2, 0) is 0 Å². The van der Waals surface area contributed by atoms with Gasteiger partial charge in [0.25, 0.3) is 5.91 Å². The van der Waals surface area contributed by atoms with Crippen molar-refractivity contribution in [2.75, 3.05) is 12.8 Å². The molecule has 4 N–H and O–H groups in total. The summed E-state index contributed by atoms with van der Waals surface area (Å²) in [7, 11) is 1.43. The lowest BCUT2D eigenvalue weighted by Crippen LogP contribution is -2.34. The molecule has 5 nitrogen and oxygen atoms in total. The number of aliphatic hydroxyl groups is 1. The summed E-state index contributed by atoms with van der Waals surface area (Å²) in [6.45, 7) is 1.76. The van der Waals surface area contributed by atoms with Gasteiger partial charge in [0, 0.05) is 12.1 Å². The Morgan fingerprint density at radius 2 is 2.00 bits per heavy atom. The summed E-state index contributed by atoms with van der Waals surface area (Å²) in [6.07, 6.45) is -0.560. The monoisotopic (exact) mass is 366 g/mol. The summed E-state index contributed by atoms with van der Waals surface area (Å²) in [5.41, 5.74) is 6.85. The third-order valence-electron chi connectivity index (χ3n) is 3.77. The molecule has 2 aromatic rings. The minimum atomic E-state index is -0.826. The molecule has 134 valence electrons. The van der Waals surface area contributed by atoms with Gasteiger partial charge in [0.05, 0.1) is 29.5 Å². The number of anilines is 1. The fraction of sp³-hybridized carbons (Fsp3) is 0.278. The molecule has 1 amide bonds. The number of carbonyl (C=O) groups excluding carboxylic acids is 1. The maximum absolute atomic E-state index is 12.9. The first-order valence-electron chi connectivity index (χ1n) is 7.69. The zero-order valence-electron chi connectivity index (χ0n) is 13.9. The minimum absolute atomic E-state index is 0.254. The molecule has 0 heterocycles. The van der Waals surface area contributed by atoms with Gasteiger partial charge in [-0.2, -0.15) is 0 Å². The highest BCUT2D eigenvalue weighted by molar-refractivity contribution is 6.33. The molecule has 0 aliphatic carbocycles. The molecular formula is C18H20ClFN2O3. The Morgan fingerprint density at radius 3 is 2.60 bits per heavy atom. The number of halogens is 2. The van der Waals surface area contributed by atoms with Crippen LogP contribution in [0.2, 0.25) is 5.02 Å². The van der Waals surface area contributed by atoms with Crippen molar-refractivity contribution in [2.45, 2.75) is 25.5 Å². The highest BCUT2D eigenvalue weighted by atomic mass is 35.5. The highest BCUT2D eigenvalue weighted by Gasteiger charge is 2.19. The molecule has 0 aromatic heterocycles. The Hall–Kier alpha value is -2.31. The summed E-state index contributed by atoms with van der Waals surface area (Å²) in [5.74, 6) is -0.451. The first-order chi connectivity index (χ1) is 11.8. The van der Waals surface area contributed by atoms with Gasteiger partial charge < -0.3 is 20.9 Å². The van der Waals surface area contributed by atoms with Gasteiger partial charge in [0.2, 0.25) is 0 Å². The number of methoxy groups -OCH3 is 1. The van der Waals surface area contributed by atoms with E-state index in [9.17, 15) is 14.3 Å². The fourth-order valence-electron chi connectivity index (χ4n) is 2.43. The summed E-state index contributed by atoms with van der Waals surface area (Å²) < 4.78 is 18.1. The zero-order chi connectivity index (χ0) is 18.6. The zero-order valence-corrected chi connectivity index (χ0v) is 14.7. The number of hydrogen-bond donors (Lipinski definition) is 3. The molecule has 0 radical (unpaired) electrons. The number of ether oxygens (including phenoxy) is 1. The quantitative estimate of drug-likeness (QED) is 0.685. The molecule has 0 fully saturated rings. The van der Waals surface area contributed by atoms with E-state index in [4.69, 9.17) is 22.1 Å². The smallest absolute Gasteiger partial charge is 0.255 e. The lowest BCUT2D eigenvalue weighted by atomic mass is 10.0. The number of hydrogen-bond acceptors (Lipinski definition) is 4. The standard InChI is InChI=1S/C18H20ClFN2O3/c1-10(7-16(23)11-3-5-12(20)6-4-11)22-18(24)13-8-14(19)15(21)9-17(13)25-2/h3-6,8-10,16,23H,7,21H2,1-2H3,(H,22,24). The molecule has 0 saturated carbocycles. The van der Waals surface area contributed by atoms with Gasteiger partial charge in [-0.15, -0.1) is 0 Å². The average Bonchev–Trinajstić information content (AvgIpc) is 2.57. The molecule has 2 atom stereocenters. The molecule has 2 rings (SSSR count). The highest BCUT2D eigenvalue weighted by Crippen LogP contribution is 2.29. The molecule has 0 aliphatic rings. The molecule has 0 spiro atoms. The van der Waals surface area contributed by atoms with Crippen LogP contribution in [0, 0.1) is 5.82 Å². The maximum Gasteiger partial charge on any atom is 0.255 e. The Bertz CT molecular complexity index is 753. The normalized spacial score (nSPS) is 13.2. The summed E-state index contributed by atoms with van der Waals surface area (Å²) in [4.78, 5) is 12.4. The Labute approximate surface area is 150 Å². The number of nitrogen functional groups attached to an aromatic ring is 1. The van der Waals surface area contributed by atoms with Crippen LogP contribution in [0.1, 0.15) is 35.4 Å². The van der Waals surface area contributed by atoms with Gasteiger partial charge in [-0.1, -0.05) is 23.7 Å². The van der Waals surface area contributed by atoms with Crippen LogP contribution in [0.5, 0.6) is 5.75 Å². The second kappa shape index (κ2) is 8.18. The van der Waals surface area contributed by atoms with Crippen LogP contribution in [0.4, 0.5) is 10.1 Å². The lowest BCUT2D eigenvalue weighted by Gasteiger charge is -2.19. The SMILES string of the molecule is COc1cc(N)c(Cl)cc1C(=O)NC(C)CC(O)c1ccc(F)cc1. The number of aliphatic hydroxyl groups excluding tert-OH is 1. The molecule has 0 bridgehead atoms. The maximum atomic E-state index is 12.9. The second-order valence-corrected chi connectivity index (χ2v) is 6.16. The third-order valence-corrected chi connectivity index (χ3v) is 4.10. The minimum Gasteiger partial charge on any atom is -0.496 e. The third kappa shape index (κ3) is 4.84. The van der Waals surface area contributed by atoms with Crippen molar-refractivity contribution < 1.29 is 19.0 Å². The van der Waals surface area contributed by atoms with Crippen LogP contribution in [-0.4, -0.2) is 24.2 Å². The van der Waals surface area contributed by atoms with E-state index < -0.39 is 12.0 Å². The van der Waals surface area contributed by atoms with Crippen LogP contribution in [0.15, 0.2) is 36.4 Å². The van der Waals surface area contributed by atoms with Gasteiger partial charge in [-0.25, -0.2) is 4.39 Å². The van der Waals surface area contributed by atoms with Crippen molar-refractivity contribution in [2.24, 2.45) is 0 Å². The molecule has 25 heavy (non-hydrogen) atoms. The summed E-state index contributed by atoms with van der Waals surface area (Å²) in [5, 5.41) is 13.2. The molecule has 0 aliphatic heterocycles. The van der Waals surface area contributed by atoms with E-state index >= 15 is 0 Å². The van der Waals surface area contributed by atoms with Crippen molar-refractivity contribution in [1.82, 2.24) is 5.32 Å². The molecule has 2 unspecified atom stereocenters. The van der Waals surface area contributed by atoms with E-state index in [1.165, 1.54) is 43.5 Å². The van der Waals surface area contributed by atoms with Crippen molar-refractivity contribution >= 4 is 23.2 Å². The predicted octanol–water partition coefficient (Wildman–Crippen LogP) is 3.31. The van der Waals surface area contributed by atoms with Crippen LogP contribution in [0.25, 0.3) is 0 Å². The number of amides is 1. The van der Waals surface area contributed by atoms with Gasteiger partial charge in [-0.05, 0) is 37.1 Å². The van der Waals surface area contributed by atoms with Crippen molar-refractivity contribution in [3.05, 3.63) is 58.4 Å². The van der Waals surface area contributed by atoms with E-state index in [1.807, 2.05) is 0 Å². The van der Waals surface area contributed by atoms with E-state index in [-0.39, 0.29) is 28.9 Å². The number of nitrogens with two attached hydrogens (primary N) is 1. The lowest BCUT2D eigenvalue weighted by molar-refractivity contribution is 0.0914. The fourth-order valence-corrected chi connectivity index (χ4v) is 2.60. The average molecular weight is 367 g/mol.